The molecule has 12 heavy (non-hydrogen) atoms. The van der Waals surface area contributed by atoms with Crippen molar-refractivity contribution in [3.63, 3.8) is 0 Å². The first-order valence-corrected chi connectivity index (χ1v) is 4.09. The van der Waals surface area contributed by atoms with Crippen LogP contribution in [0.1, 0.15) is 18.2 Å². The average Bonchev–Trinajstić information content (AvgIpc) is 2.09. The number of nitrogens with one attached hydrogen (secondary N) is 1. The molecular formula is C9H14N2O. The van der Waals surface area contributed by atoms with E-state index in [0.29, 0.717) is 13.2 Å². The SMILES string of the molecule is CCONCc1ccc(C)cn1. The van der Waals surface area contributed by atoms with Crippen LogP contribution in [-0.4, -0.2) is 11.6 Å². The summed E-state index contributed by atoms with van der Waals surface area (Å²) in [6.07, 6.45) is 1.85. The normalized spacial score (nSPS) is 10.2. The Bertz CT molecular complexity index is 220. The molecule has 0 saturated heterocycles. The van der Waals surface area contributed by atoms with Crippen molar-refractivity contribution in [2.75, 3.05) is 6.61 Å². The highest BCUT2D eigenvalue weighted by Crippen LogP contribution is 1.97. The Hall–Kier alpha value is -0.930. The standard InChI is InChI=1S/C9H14N2O/c1-3-12-11-7-9-5-4-8(2)6-10-9/h4-6,11H,3,7H2,1-2H3. The fourth-order valence-corrected chi connectivity index (χ4v) is 0.830. The van der Waals surface area contributed by atoms with Gasteiger partial charge in [0.15, 0.2) is 0 Å². The molecule has 1 rings (SSSR count). The van der Waals surface area contributed by atoms with Crippen LogP contribution < -0.4 is 5.48 Å². The highest BCUT2D eigenvalue weighted by Gasteiger charge is 1.91. The van der Waals surface area contributed by atoms with Gasteiger partial charge in [0, 0.05) is 6.20 Å². The molecule has 0 aliphatic heterocycles. The molecule has 0 amide bonds. The number of hydroxylamine groups is 1. The minimum absolute atomic E-state index is 0.661. The summed E-state index contributed by atoms with van der Waals surface area (Å²) in [4.78, 5) is 9.19. The first-order chi connectivity index (χ1) is 5.83. The van der Waals surface area contributed by atoms with E-state index in [2.05, 4.69) is 10.5 Å². The lowest BCUT2D eigenvalue weighted by Crippen LogP contribution is -2.14. The first kappa shape index (κ1) is 9.16. The van der Waals surface area contributed by atoms with Gasteiger partial charge in [0.05, 0.1) is 18.8 Å². The Kier molecular flexibility index (Phi) is 3.70. The van der Waals surface area contributed by atoms with E-state index >= 15 is 0 Å². The number of hydrogen-bond acceptors (Lipinski definition) is 3. The number of aromatic nitrogens is 1. The van der Waals surface area contributed by atoms with Gasteiger partial charge in [-0.2, -0.15) is 5.48 Å². The molecule has 0 atom stereocenters. The van der Waals surface area contributed by atoms with E-state index in [4.69, 9.17) is 4.84 Å². The van der Waals surface area contributed by atoms with E-state index in [0.717, 1.165) is 5.69 Å². The maximum Gasteiger partial charge on any atom is 0.0654 e. The van der Waals surface area contributed by atoms with Gasteiger partial charge in [0.1, 0.15) is 0 Å². The van der Waals surface area contributed by atoms with Gasteiger partial charge in [-0.05, 0) is 25.5 Å². The van der Waals surface area contributed by atoms with Crippen LogP contribution in [0.4, 0.5) is 0 Å². The summed E-state index contributed by atoms with van der Waals surface area (Å²) in [7, 11) is 0. The maximum atomic E-state index is 4.98. The Morgan fingerprint density at radius 1 is 1.50 bits per heavy atom. The third kappa shape index (κ3) is 2.98. The van der Waals surface area contributed by atoms with Gasteiger partial charge >= 0.3 is 0 Å². The number of pyridine rings is 1. The molecule has 0 fully saturated rings. The van der Waals surface area contributed by atoms with Crippen LogP contribution >= 0.6 is 0 Å². The van der Waals surface area contributed by atoms with Crippen LogP contribution in [-0.2, 0) is 11.4 Å². The van der Waals surface area contributed by atoms with Gasteiger partial charge < -0.3 is 4.84 Å². The first-order valence-electron chi connectivity index (χ1n) is 4.09. The van der Waals surface area contributed by atoms with Crippen molar-refractivity contribution in [1.29, 1.82) is 0 Å². The summed E-state index contributed by atoms with van der Waals surface area (Å²) in [5.41, 5.74) is 4.98. The van der Waals surface area contributed by atoms with Gasteiger partial charge in [-0.1, -0.05) is 6.07 Å². The fourth-order valence-electron chi connectivity index (χ4n) is 0.830. The molecule has 0 aromatic carbocycles. The second-order valence-corrected chi connectivity index (χ2v) is 2.58. The van der Waals surface area contributed by atoms with E-state index < -0.39 is 0 Å². The minimum atomic E-state index is 0.661. The van der Waals surface area contributed by atoms with Crippen molar-refractivity contribution >= 4 is 0 Å². The molecule has 0 aliphatic carbocycles. The highest BCUT2D eigenvalue weighted by atomic mass is 16.6. The number of aryl methyl sites for hydroxylation is 1. The molecule has 0 aliphatic rings. The third-order valence-corrected chi connectivity index (χ3v) is 1.47. The summed E-state index contributed by atoms with van der Waals surface area (Å²) in [6.45, 7) is 5.29. The topological polar surface area (TPSA) is 34.1 Å². The molecule has 66 valence electrons. The summed E-state index contributed by atoms with van der Waals surface area (Å²) in [6, 6.07) is 4.03. The number of rotatable bonds is 4. The van der Waals surface area contributed by atoms with Gasteiger partial charge in [-0.25, -0.2) is 0 Å². The van der Waals surface area contributed by atoms with Gasteiger partial charge in [-0.15, -0.1) is 0 Å². The molecule has 0 spiro atoms. The monoisotopic (exact) mass is 166 g/mol. The van der Waals surface area contributed by atoms with E-state index in [1.54, 1.807) is 0 Å². The Morgan fingerprint density at radius 3 is 2.92 bits per heavy atom. The zero-order chi connectivity index (χ0) is 8.81. The fraction of sp³-hybridized carbons (Fsp3) is 0.444. The van der Waals surface area contributed by atoms with Crippen molar-refractivity contribution in [1.82, 2.24) is 10.5 Å². The lowest BCUT2D eigenvalue weighted by Gasteiger charge is -2.02. The van der Waals surface area contributed by atoms with Crippen molar-refractivity contribution in [3.8, 4) is 0 Å². The Labute approximate surface area is 72.7 Å². The molecule has 0 unspecified atom stereocenters. The van der Waals surface area contributed by atoms with E-state index in [-0.39, 0.29) is 0 Å². The molecule has 3 heteroatoms. The second kappa shape index (κ2) is 4.85. The minimum Gasteiger partial charge on any atom is -0.302 e. The molecule has 1 aromatic heterocycles. The van der Waals surface area contributed by atoms with Gasteiger partial charge in [0.2, 0.25) is 0 Å². The Morgan fingerprint density at radius 2 is 2.33 bits per heavy atom. The summed E-state index contributed by atoms with van der Waals surface area (Å²) in [5, 5.41) is 0. The molecular weight excluding hydrogens is 152 g/mol. The van der Waals surface area contributed by atoms with Gasteiger partial charge in [0.25, 0.3) is 0 Å². The number of nitrogens with zero attached hydrogens (tertiary/aromatic N) is 1. The van der Waals surface area contributed by atoms with Gasteiger partial charge in [-0.3, -0.25) is 4.98 Å². The van der Waals surface area contributed by atoms with Crippen LogP contribution in [0.5, 0.6) is 0 Å². The zero-order valence-electron chi connectivity index (χ0n) is 7.50. The molecule has 1 heterocycles. The van der Waals surface area contributed by atoms with E-state index in [9.17, 15) is 0 Å². The summed E-state index contributed by atoms with van der Waals surface area (Å²) >= 11 is 0. The quantitative estimate of drug-likeness (QED) is 0.542. The van der Waals surface area contributed by atoms with Crippen molar-refractivity contribution < 1.29 is 4.84 Å². The average molecular weight is 166 g/mol. The summed E-state index contributed by atoms with van der Waals surface area (Å²) in [5.74, 6) is 0. The van der Waals surface area contributed by atoms with Crippen molar-refractivity contribution in [2.24, 2.45) is 0 Å². The molecule has 1 N–H and O–H groups in total. The van der Waals surface area contributed by atoms with Crippen LogP contribution in [0.2, 0.25) is 0 Å². The lowest BCUT2D eigenvalue weighted by molar-refractivity contribution is 0.0456. The molecule has 0 saturated carbocycles. The third-order valence-electron chi connectivity index (χ3n) is 1.47. The Balaban J connectivity index is 2.37. The zero-order valence-corrected chi connectivity index (χ0v) is 7.50. The van der Waals surface area contributed by atoms with Crippen LogP contribution in [0.3, 0.4) is 0 Å². The predicted octanol–water partition coefficient (Wildman–Crippen LogP) is 1.43. The summed E-state index contributed by atoms with van der Waals surface area (Å²) < 4.78 is 0. The lowest BCUT2D eigenvalue weighted by atomic mass is 10.3. The van der Waals surface area contributed by atoms with Crippen molar-refractivity contribution in [2.45, 2.75) is 20.4 Å². The molecule has 1 aromatic rings. The van der Waals surface area contributed by atoms with Crippen LogP contribution in [0.25, 0.3) is 0 Å². The predicted molar refractivity (Wildman–Crippen MR) is 47.4 cm³/mol. The number of hydrogen-bond donors (Lipinski definition) is 1. The van der Waals surface area contributed by atoms with E-state index in [1.165, 1.54) is 5.56 Å². The highest BCUT2D eigenvalue weighted by molar-refractivity contribution is 5.11. The molecule has 3 nitrogen and oxygen atoms in total. The largest absolute Gasteiger partial charge is 0.302 e. The molecule has 0 radical (unpaired) electrons. The van der Waals surface area contributed by atoms with Crippen molar-refractivity contribution in [3.05, 3.63) is 29.6 Å². The van der Waals surface area contributed by atoms with Crippen LogP contribution in [0, 0.1) is 6.92 Å². The second-order valence-electron chi connectivity index (χ2n) is 2.58. The maximum absolute atomic E-state index is 4.98. The van der Waals surface area contributed by atoms with E-state index in [1.807, 2.05) is 32.2 Å². The van der Waals surface area contributed by atoms with Crippen LogP contribution in [0.15, 0.2) is 18.3 Å². The smallest absolute Gasteiger partial charge is 0.0654 e. The molecule has 0 bridgehead atoms.